The lowest BCUT2D eigenvalue weighted by Crippen LogP contribution is -2.32. The number of hydrogen-bond acceptors (Lipinski definition) is 2. The van der Waals surface area contributed by atoms with Crippen molar-refractivity contribution >= 4 is 5.78 Å². The van der Waals surface area contributed by atoms with Crippen molar-refractivity contribution in [1.82, 2.24) is 0 Å². The molecule has 0 aromatic carbocycles. The number of rotatable bonds is 1. The van der Waals surface area contributed by atoms with Gasteiger partial charge in [0.2, 0.25) is 0 Å². The molecule has 0 spiro atoms. The molecule has 72 valence electrons. The van der Waals surface area contributed by atoms with E-state index in [1.54, 1.807) is 0 Å². The second kappa shape index (κ2) is 3.26. The van der Waals surface area contributed by atoms with Crippen molar-refractivity contribution in [1.29, 1.82) is 0 Å². The maximum absolute atomic E-state index is 11.6. The molecule has 2 rings (SSSR count). The van der Waals surface area contributed by atoms with Gasteiger partial charge >= 0.3 is 0 Å². The highest BCUT2D eigenvalue weighted by Gasteiger charge is 2.38. The first-order valence-electron chi connectivity index (χ1n) is 5.19. The molecule has 1 saturated carbocycles. The van der Waals surface area contributed by atoms with E-state index in [-0.39, 0.29) is 5.78 Å². The average molecular weight is 180 g/mol. The van der Waals surface area contributed by atoms with Crippen molar-refractivity contribution in [3.8, 4) is 0 Å². The van der Waals surface area contributed by atoms with Crippen LogP contribution in [0.15, 0.2) is 11.6 Å². The molecule has 1 N–H and O–H groups in total. The van der Waals surface area contributed by atoms with E-state index in [1.165, 1.54) is 0 Å². The molecule has 0 aliphatic heterocycles. The van der Waals surface area contributed by atoms with Crippen LogP contribution in [0.4, 0.5) is 0 Å². The van der Waals surface area contributed by atoms with E-state index >= 15 is 0 Å². The molecule has 0 heterocycles. The number of allylic oxidation sites excluding steroid dienone is 1. The molecule has 13 heavy (non-hydrogen) atoms. The highest BCUT2D eigenvalue weighted by atomic mass is 16.3. The Hall–Kier alpha value is -0.630. The molecular weight excluding hydrogens is 164 g/mol. The first-order valence-corrected chi connectivity index (χ1v) is 5.19. The molecule has 0 aromatic heterocycles. The fourth-order valence-electron chi connectivity index (χ4n) is 2.44. The van der Waals surface area contributed by atoms with E-state index in [0.29, 0.717) is 6.42 Å². The largest absolute Gasteiger partial charge is 0.385 e. The Kier molecular flexibility index (Phi) is 2.24. The molecule has 1 fully saturated rings. The van der Waals surface area contributed by atoms with Crippen LogP contribution in [0.25, 0.3) is 0 Å². The molecular formula is C11H16O2. The number of aliphatic hydroxyl groups is 1. The Balaban J connectivity index is 2.22. The molecule has 0 unspecified atom stereocenters. The number of carbonyl (C=O) groups excluding carboxylic acids is 1. The van der Waals surface area contributed by atoms with E-state index in [4.69, 9.17) is 0 Å². The Bertz CT molecular complexity index is 247. The summed E-state index contributed by atoms with van der Waals surface area (Å²) in [5.41, 5.74) is -0.0337. The molecule has 0 bridgehead atoms. The monoisotopic (exact) mass is 180 g/mol. The van der Waals surface area contributed by atoms with Gasteiger partial charge < -0.3 is 5.11 Å². The highest BCUT2D eigenvalue weighted by molar-refractivity contribution is 5.97. The third kappa shape index (κ3) is 1.55. The predicted octanol–water partition coefficient (Wildman–Crippen LogP) is 1.97. The maximum atomic E-state index is 11.6. The van der Waals surface area contributed by atoms with Gasteiger partial charge in [-0.05, 0) is 25.7 Å². The zero-order valence-electron chi connectivity index (χ0n) is 7.88. The van der Waals surface area contributed by atoms with Gasteiger partial charge in [-0.15, -0.1) is 0 Å². The molecule has 0 amide bonds. The summed E-state index contributed by atoms with van der Waals surface area (Å²) in [7, 11) is 0. The fourth-order valence-corrected chi connectivity index (χ4v) is 2.44. The summed E-state index contributed by atoms with van der Waals surface area (Å²) in [6, 6.07) is 0. The third-order valence-electron chi connectivity index (χ3n) is 3.19. The molecule has 0 radical (unpaired) electrons. The second-order valence-corrected chi connectivity index (χ2v) is 4.17. The van der Waals surface area contributed by atoms with Crippen molar-refractivity contribution in [3.63, 3.8) is 0 Å². The fraction of sp³-hybridized carbons (Fsp3) is 0.727. The molecule has 2 nitrogen and oxygen atoms in total. The van der Waals surface area contributed by atoms with Gasteiger partial charge in [-0.25, -0.2) is 0 Å². The summed E-state index contributed by atoms with van der Waals surface area (Å²) >= 11 is 0. The highest BCUT2D eigenvalue weighted by Crippen LogP contribution is 2.38. The first-order chi connectivity index (χ1) is 6.22. The lowest BCUT2D eigenvalue weighted by Gasteiger charge is -2.27. The molecule has 0 saturated heterocycles. The van der Waals surface area contributed by atoms with Crippen LogP contribution in [-0.2, 0) is 4.79 Å². The zero-order valence-corrected chi connectivity index (χ0v) is 7.88. The van der Waals surface area contributed by atoms with E-state index in [9.17, 15) is 9.90 Å². The maximum Gasteiger partial charge on any atom is 0.161 e. The van der Waals surface area contributed by atoms with E-state index in [0.717, 1.165) is 44.1 Å². The smallest absolute Gasteiger partial charge is 0.161 e. The van der Waals surface area contributed by atoms with Crippen molar-refractivity contribution in [2.24, 2.45) is 0 Å². The Morgan fingerprint density at radius 3 is 2.54 bits per heavy atom. The minimum Gasteiger partial charge on any atom is -0.385 e. The van der Waals surface area contributed by atoms with Gasteiger partial charge in [0, 0.05) is 12.0 Å². The third-order valence-corrected chi connectivity index (χ3v) is 3.19. The number of hydrogen-bond donors (Lipinski definition) is 1. The van der Waals surface area contributed by atoms with Gasteiger partial charge in [-0.2, -0.15) is 0 Å². The normalized spacial score (nSPS) is 27.5. The van der Waals surface area contributed by atoms with Crippen LogP contribution in [0.3, 0.4) is 0 Å². The topological polar surface area (TPSA) is 37.3 Å². The Labute approximate surface area is 78.6 Å². The van der Waals surface area contributed by atoms with Crippen LogP contribution < -0.4 is 0 Å². The van der Waals surface area contributed by atoms with Crippen molar-refractivity contribution in [3.05, 3.63) is 11.6 Å². The number of carbonyl (C=O) groups is 1. The summed E-state index contributed by atoms with van der Waals surface area (Å²) in [6.07, 6.45) is 8.18. The standard InChI is InChI=1S/C11H16O2/c12-10-6-2-1-5-9(10)11(13)7-3-4-8-11/h5,13H,1-4,6-8H2. The molecule has 0 atom stereocenters. The van der Waals surface area contributed by atoms with E-state index in [1.807, 2.05) is 6.08 Å². The quantitative estimate of drug-likeness (QED) is 0.670. The van der Waals surface area contributed by atoms with Crippen LogP contribution in [0.2, 0.25) is 0 Å². The summed E-state index contributed by atoms with van der Waals surface area (Å²) in [5.74, 6) is 0.177. The van der Waals surface area contributed by atoms with Crippen molar-refractivity contribution < 1.29 is 9.90 Å². The zero-order chi connectivity index (χ0) is 9.31. The van der Waals surface area contributed by atoms with Gasteiger partial charge in [0.1, 0.15) is 0 Å². The Morgan fingerprint density at radius 1 is 1.23 bits per heavy atom. The number of Topliss-reactive ketones (excluding diaryl/α,β-unsaturated/α-hetero) is 1. The van der Waals surface area contributed by atoms with Crippen molar-refractivity contribution in [2.75, 3.05) is 0 Å². The molecule has 2 heteroatoms. The number of ketones is 1. The van der Waals surface area contributed by atoms with Gasteiger partial charge in [-0.1, -0.05) is 18.9 Å². The Morgan fingerprint density at radius 2 is 1.92 bits per heavy atom. The molecule has 0 aromatic rings. The van der Waals surface area contributed by atoms with Gasteiger partial charge in [0.15, 0.2) is 5.78 Å². The summed E-state index contributed by atoms with van der Waals surface area (Å²) in [6.45, 7) is 0. The van der Waals surface area contributed by atoms with Gasteiger partial charge in [-0.3, -0.25) is 4.79 Å². The SMILES string of the molecule is O=C1CCCC=C1C1(O)CCCC1. The predicted molar refractivity (Wildman–Crippen MR) is 50.4 cm³/mol. The van der Waals surface area contributed by atoms with Crippen LogP contribution in [-0.4, -0.2) is 16.5 Å². The van der Waals surface area contributed by atoms with Crippen LogP contribution in [0, 0.1) is 0 Å². The van der Waals surface area contributed by atoms with E-state index in [2.05, 4.69) is 0 Å². The van der Waals surface area contributed by atoms with Crippen LogP contribution in [0.5, 0.6) is 0 Å². The summed E-state index contributed by atoms with van der Waals surface area (Å²) < 4.78 is 0. The van der Waals surface area contributed by atoms with Gasteiger partial charge in [0.25, 0.3) is 0 Å². The van der Waals surface area contributed by atoms with Crippen molar-refractivity contribution in [2.45, 2.75) is 50.5 Å². The van der Waals surface area contributed by atoms with Gasteiger partial charge in [0.05, 0.1) is 5.60 Å². The second-order valence-electron chi connectivity index (χ2n) is 4.17. The summed E-state index contributed by atoms with van der Waals surface area (Å²) in [4.78, 5) is 11.6. The van der Waals surface area contributed by atoms with Crippen LogP contribution in [0.1, 0.15) is 44.9 Å². The van der Waals surface area contributed by atoms with Crippen LogP contribution >= 0.6 is 0 Å². The summed E-state index contributed by atoms with van der Waals surface area (Å²) in [5, 5.41) is 10.2. The molecule has 2 aliphatic rings. The lowest BCUT2D eigenvalue weighted by atomic mass is 9.83. The first kappa shape index (κ1) is 8.95. The van der Waals surface area contributed by atoms with E-state index < -0.39 is 5.60 Å². The lowest BCUT2D eigenvalue weighted by molar-refractivity contribution is -0.118. The minimum atomic E-state index is -0.752. The minimum absolute atomic E-state index is 0.177. The molecule has 2 aliphatic carbocycles. The average Bonchev–Trinajstić information content (AvgIpc) is 2.54.